The van der Waals surface area contributed by atoms with Crippen molar-refractivity contribution in [1.82, 2.24) is 9.38 Å². The molecular formula is C11H8N2S. The predicted molar refractivity (Wildman–Crippen MR) is 58.5 cm³/mol. The summed E-state index contributed by atoms with van der Waals surface area (Å²) in [5.41, 5.74) is 2.44. The maximum Gasteiger partial charge on any atom is 0.194 e. The normalized spacial score (nSPS) is 10.9. The molecule has 0 bridgehead atoms. The Labute approximate surface area is 85.5 Å². The van der Waals surface area contributed by atoms with Crippen molar-refractivity contribution in [3.8, 4) is 11.3 Å². The molecule has 1 aromatic carbocycles. The first-order valence-electron chi connectivity index (χ1n) is 4.41. The number of aromatic nitrogens is 2. The van der Waals surface area contributed by atoms with E-state index in [1.807, 2.05) is 18.5 Å². The van der Waals surface area contributed by atoms with E-state index < -0.39 is 0 Å². The molecule has 3 rings (SSSR count). The summed E-state index contributed by atoms with van der Waals surface area (Å²) < 4.78 is 2.11. The van der Waals surface area contributed by atoms with E-state index in [2.05, 4.69) is 39.0 Å². The van der Waals surface area contributed by atoms with Crippen molar-refractivity contribution in [3.63, 3.8) is 0 Å². The van der Waals surface area contributed by atoms with Gasteiger partial charge >= 0.3 is 0 Å². The van der Waals surface area contributed by atoms with Crippen LogP contribution >= 0.6 is 11.3 Å². The number of hydrogen-bond acceptors (Lipinski definition) is 2. The standard InChI is InChI=1S/C11H8N2S/c1-2-4-9(5-3-1)10-8-14-11-12-6-7-13(10)11/h1-8H. The molecule has 0 saturated heterocycles. The zero-order valence-corrected chi connectivity index (χ0v) is 8.24. The van der Waals surface area contributed by atoms with Gasteiger partial charge in [0.25, 0.3) is 0 Å². The summed E-state index contributed by atoms with van der Waals surface area (Å²) in [6.45, 7) is 0. The van der Waals surface area contributed by atoms with E-state index in [1.54, 1.807) is 11.3 Å². The smallest absolute Gasteiger partial charge is 0.194 e. The molecular weight excluding hydrogens is 192 g/mol. The highest BCUT2D eigenvalue weighted by Gasteiger charge is 2.04. The lowest BCUT2D eigenvalue weighted by Gasteiger charge is -1.97. The largest absolute Gasteiger partial charge is 0.290 e. The molecule has 2 nitrogen and oxygen atoms in total. The Morgan fingerprint density at radius 3 is 2.86 bits per heavy atom. The molecule has 3 heteroatoms. The van der Waals surface area contributed by atoms with Crippen molar-refractivity contribution < 1.29 is 0 Å². The van der Waals surface area contributed by atoms with E-state index in [1.165, 1.54) is 11.3 Å². The number of hydrogen-bond donors (Lipinski definition) is 0. The molecule has 0 amide bonds. The molecule has 68 valence electrons. The Morgan fingerprint density at radius 1 is 1.14 bits per heavy atom. The second-order valence-corrected chi connectivity index (χ2v) is 3.90. The molecule has 14 heavy (non-hydrogen) atoms. The molecule has 0 saturated carbocycles. The highest BCUT2D eigenvalue weighted by molar-refractivity contribution is 7.15. The lowest BCUT2D eigenvalue weighted by molar-refractivity contribution is 1.24. The zero-order chi connectivity index (χ0) is 9.38. The molecule has 0 spiro atoms. The van der Waals surface area contributed by atoms with Crippen LogP contribution in [0.4, 0.5) is 0 Å². The van der Waals surface area contributed by atoms with Gasteiger partial charge in [-0.2, -0.15) is 0 Å². The SMILES string of the molecule is c1ccc(-c2csc3nccn23)cc1. The minimum absolute atomic E-state index is 1.05. The van der Waals surface area contributed by atoms with Crippen molar-refractivity contribution in [1.29, 1.82) is 0 Å². The van der Waals surface area contributed by atoms with Crippen molar-refractivity contribution in [2.75, 3.05) is 0 Å². The van der Waals surface area contributed by atoms with Crippen LogP contribution in [0, 0.1) is 0 Å². The molecule has 0 radical (unpaired) electrons. The van der Waals surface area contributed by atoms with Crippen LogP contribution in [0.2, 0.25) is 0 Å². The number of fused-ring (bicyclic) bond motifs is 1. The van der Waals surface area contributed by atoms with Crippen molar-refractivity contribution in [3.05, 3.63) is 48.1 Å². The first-order chi connectivity index (χ1) is 6.95. The predicted octanol–water partition coefficient (Wildman–Crippen LogP) is 3.06. The van der Waals surface area contributed by atoms with E-state index in [-0.39, 0.29) is 0 Å². The molecule has 2 heterocycles. The Bertz CT molecular complexity index is 551. The summed E-state index contributed by atoms with van der Waals surface area (Å²) in [5.74, 6) is 0. The van der Waals surface area contributed by atoms with Gasteiger partial charge in [-0.15, -0.1) is 11.3 Å². The van der Waals surface area contributed by atoms with Gasteiger partial charge in [0.1, 0.15) is 0 Å². The fourth-order valence-corrected chi connectivity index (χ4v) is 2.40. The summed E-state index contributed by atoms with van der Waals surface area (Å²) in [6.07, 6.45) is 3.83. The average Bonchev–Trinajstić information content (AvgIpc) is 2.79. The van der Waals surface area contributed by atoms with Crippen LogP contribution < -0.4 is 0 Å². The number of rotatable bonds is 1. The van der Waals surface area contributed by atoms with Gasteiger partial charge < -0.3 is 0 Å². The monoisotopic (exact) mass is 200 g/mol. The van der Waals surface area contributed by atoms with Gasteiger partial charge in [-0.1, -0.05) is 30.3 Å². The molecule has 0 aliphatic rings. The molecule has 0 unspecified atom stereocenters. The fourth-order valence-electron chi connectivity index (χ4n) is 1.54. The topological polar surface area (TPSA) is 17.3 Å². The van der Waals surface area contributed by atoms with Crippen LogP contribution in [0.5, 0.6) is 0 Å². The van der Waals surface area contributed by atoms with E-state index >= 15 is 0 Å². The molecule has 2 aromatic heterocycles. The molecule has 3 aromatic rings. The van der Waals surface area contributed by atoms with Gasteiger partial charge in [-0.25, -0.2) is 4.98 Å². The van der Waals surface area contributed by atoms with Gasteiger partial charge in [0.15, 0.2) is 4.96 Å². The Hall–Kier alpha value is -1.61. The highest BCUT2D eigenvalue weighted by atomic mass is 32.1. The van der Waals surface area contributed by atoms with Crippen LogP contribution in [0.3, 0.4) is 0 Å². The van der Waals surface area contributed by atoms with Gasteiger partial charge in [0.2, 0.25) is 0 Å². The number of thiazole rings is 1. The maximum atomic E-state index is 4.25. The van der Waals surface area contributed by atoms with Gasteiger partial charge in [0.05, 0.1) is 5.69 Å². The van der Waals surface area contributed by atoms with Crippen LogP contribution in [-0.2, 0) is 0 Å². The Kier molecular flexibility index (Phi) is 1.64. The van der Waals surface area contributed by atoms with Crippen LogP contribution in [0.25, 0.3) is 16.2 Å². The quantitative estimate of drug-likeness (QED) is 0.590. The number of imidazole rings is 1. The fraction of sp³-hybridized carbons (Fsp3) is 0. The minimum Gasteiger partial charge on any atom is -0.290 e. The van der Waals surface area contributed by atoms with E-state index in [0.717, 1.165) is 4.96 Å². The van der Waals surface area contributed by atoms with Crippen LogP contribution in [0.1, 0.15) is 0 Å². The molecule has 0 N–H and O–H groups in total. The lowest BCUT2D eigenvalue weighted by atomic mass is 10.2. The van der Waals surface area contributed by atoms with Gasteiger partial charge in [0, 0.05) is 17.8 Å². The first-order valence-corrected chi connectivity index (χ1v) is 5.29. The first kappa shape index (κ1) is 7.76. The van der Waals surface area contributed by atoms with Crippen molar-refractivity contribution >= 4 is 16.3 Å². The summed E-state index contributed by atoms with van der Waals surface area (Å²) in [6, 6.07) is 10.4. The Morgan fingerprint density at radius 2 is 2.00 bits per heavy atom. The highest BCUT2D eigenvalue weighted by Crippen LogP contribution is 2.24. The summed E-state index contributed by atoms with van der Waals surface area (Å²) in [5, 5.41) is 2.14. The third-order valence-corrected chi connectivity index (χ3v) is 3.07. The third kappa shape index (κ3) is 1.06. The van der Waals surface area contributed by atoms with Crippen molar-refractivity contribution in [2.24, 2.45) is 0 Å². The third-order valence-electron chi connectivity index (χ3n) is 2.21. The molecule has 0 aliphatic heterocycles. The summed E-state index contributed by atoms with van der Waals surface area (Å²) in [4.78, 5) is 5.29. The van der Waals surface area contributed by atoms with Crippen LogP contribution in [-0.4, -0.2) is 9.38 Å². The van der Waals surface area contributed by atoms with E-state index in [9.17, 15) is 0 Å². The number of benzene rings is 1. The van der Waals surface area contributed by atoms with Crippen LogP contribution in [0.15, 0.2) is 48.1 Å². The Balaban J connectivity index is 2.28. The summed E-state index contributed by atoms with van der Waals surface area (Å²) in [7, 11) is 0. The lowest BCUT2D eigenvalue weighted by Crippen LogP contribution is -1.82. The summed E-state index contributed by atoms with van der Waals surface area (Å²) >= 11 is 1.67. The molecule has 0 atom stereocenters. The van der Waals surface area contributed by atoms with E-state index in [4.69, 9.17) is 0 Å². The molecule has 0 aliphatic carbocycles. The van der Waals surface area contributed by atoms with Gasteiger partial charge in [-0.3, -0.25) is 4.40 Å². The zero-order valence-electron chi connectivity index (χ0n) is 7.42. The van der Waals surface area contributed by atoms with Crippen molar-refractivity contribution in [2.45, 2.75) is 0 Å². The van der Waals surface area contributed by atoms with E-state index in [0.29, 0.717) is 0 Å². The maximum absolute atomic E-state index is 4.25. The minimum atomic E-state index is 1.05. The van der Waals surface area contributed by atoms with Gasteiger partial charge in [-0.05, 0) is 5.56 Å². The average molecular weight is 200 g/mol. The second kappa shape index (κ2) is 2.96. The molecule has 0 fully saturated rings. The second-order valence-electron chi connectivity index (χ2n) is 3.07. The number of nitrogens with zero attached hydrogens (tertiary/aromatic N) is 2.